The van der Waals surface area contributed by atoms with E-state index in [1.807, 2.05) is 31.2 Å². The minimum atomic E-state index is -0.534. The minimum absolute atomic E-state index is 0.0528. The zero-order valence-corrected chi connectivity index (χ0v) is 25.5. The maximum atomic E-state index is 14.2. The second kappa shape index (κ2) is 12.7. The van der Waals surface area contributed by atoms with E-state index in [-0.39, 0.29) is 19.3 Å². The predicted octanol–water partition coefficient (Wildman–Crippen LogP) is 5.41. The summed E-state index contributed by atoms with van der Waals surface area (Å²) >= 11 is 4.92. The van der Waals surface area contributed by atoms with Crippen molar-refractivity contribution in [3.8, 4) is 11.4 Å². The Morgan fingerprint density at radius 3 is 2.51 bits per heavy atom. The molecular formula is C30H31BrN2O7S. The Hall–Kier alpha value is -3.25. The standard InChI is InChI=1S/C30H31BrN2O7S/c1-4-39-29(35)19-9-11-20(12-10-19)33-27(34)25-18(2)26(31)41-28(25)32(30(33)36)17-24(40-21-13-15-38-16-14-21)22-7-5-6-8-23(22)37-3/h5-12,21,24H,4,13-17H2,1-3H3/t24-/m0/s1. The first-order chi connectivity index (χ1) is 19.8. The molecule has 3 heterocycles. The van der Waals surface area contributed by atoms with E-state index in [2.05, 4.69) is 15.9 Å². The highest BCUT2D eigenvalue weighted by atomic mass is 79.9. The number of benzene rings is 2. The van der Waals surface area contributed by atoms with Crippen LogP contribution < -0.4 is 16.0 Å². The molecule has 4 aromatic rings. The number of rotatable bonds is 9. The van der Waals surface area contributed by atoms with Gasteiger partial charge < -0.3 is 18.9 Å². The first-order valence-electron chi connectivity index (χ1n) is 13.4. The Bertz CT molecular complexity index is 1670. The van der Waals surface area contributed by atoms with Crippen molar-refractivity contribution in [3.63, 3.8) is 0 Å². The van der Waals surface area contributed by atoms with Crippen molar-refractivity contribution in [2.45, 2.75) is 45.4 Å². The number of thiophene rings is 1. The molecule has 1 fully saturated rings. The van der Waals surface area contributed by atoms with Gasteiger partial charge in [-0.2, -0.15) is 0 Å². The molecule has 2 aromatic heterocycles. The Labute approximate surface area is 249 Å². The molecule has 216 valence electrons. The zero-order valence-electron chi connectivity index (χ0n) is 23.1. The van der Waals surface area contributed by atoms with Crippen LogP contribution in [0.3, 0.4) is 0 Å². The van der Waals surface area contributed by atoms with E-state index in [4.69, 9.17) is 18.9 Å². The molecule has 1 aliphatic heterocycles. The van der Waals surface area contributed by atoms with Gasteiger partial charge in [-0.15, -0.1) is 11.3 Å². The van der Waals surface area contributed by atoms with Crippen LogP contribution in [0.2, 0.25) is 0 Å². The number of esters is 1. The number of hydrogen-bond donors (Lipinski definition) is 0. The SMILES string of the molecule is CCOC(=O)c1ccc(-n2c(=O)c3c(C)c(Br)sc3n(C[C@H](OC3CCOCC3)c3ccccc3OC)c2=O)cc1. The van der Waals surface area contributed by atoms with Crippen molar-refractivity contribution in [2.75, 3.05) is 26.9 Å². The number of aromatic nitrogens is 2. The molecule has 11 heteroatoms. The van der Waals surface area contributed by atoms with Crippen LogP contribution >= 0.6 is 27.3 Å². The number of aryl methyl sites for hydroxylation is 1. The van der Waals surface area contributed by atoms with Crippen LogP contribution in [-0.4, -0.2) is 48.1 Å². The summed E-state index contributed by atoms with van der Waals surface area (Å²) in [7, 11) is 1.61. The van der Waals surface area contributed by atoms with E-state index in [9.17, 15) is 14.4 Å². The molecule has 5 rings (SSSR count). The van der Waals surface area contributed by atoms with Gasteiger partial charge in [0.1, 0.15) is 16.7 Å². The highest BCUT2D eigenvalue weighted by Crippen LogP contribution is 2.35. The Balaban J connectivity index is 1.66. The smallest absolute Gasteiger partial charge is 0.338 e. The van der Waals surface area contributed by atoms with Gasteiger partial charge in [0.2, 0.25) is 0 Å². The molecule has 0 N–H and O–H groups in total. The number of carbonyl (C=O) groups excluding carboxylic acids is 1. The molecule has 0 bridgehead atoms. The van der Waals surface area contributed by atoms with Crippen molar-refractivity contribution in [1.82, 2.24) is 9.13 Å². The van der Waals surface area contributed by atoms with Gasteiger partial charge in [0, 0.05) is 18.8 Å². The first-order valence-corrected chi connectivity index (χ1v) is 15.0. The van der Waals surface area contributed by atoms with Crippen LogP contribution in [0.4, 0.5) is 0 Å². The van der Waals surface area contributed by atoms with Gasteiger partial charge in [-0.3, -0.25) is 9.36 Å². The van der Waals surface area contributed by atoms with E-state index in [1.165, 1.54) is 11.3 Å². The Morgan fingerprint density at radius 1 is 1.12 bits per heavy atom. The van der Waals surface area contributed by atoms with Crippen molar-refractivity contribution in [3.05, 3.63) is 89.8 Å². The van der Waals surface area contributed by atoms with Gasteiger partial charge in [-0.25, -0.2) is 14.2 Å². The van der Waals surface area contributed by atoms with Crippen molar-refractivity contribution in [2.24, 2.45) is 0 Å². The summed E-state index contributed by atoms with van der Waals surface area (Å²) in [5.41, 5.74) is 1.31. The molecular weight excluding hydrogens is 612 g/mol. The molecule has 0 radical (unpaired) electrons. The number of halogens is 1. The lowest BCUT2D eigenvalue weighted by molar-refractivity contribution is -0.0752. The fraction of sp³-hybridized carbons (Fsp3) is 0.367. The molecule has 0 amide bonds. The molecule has 0 aliphatic carbocycles. The van der Waals surface area contributed by atoms with Crippen LogP contribution in [0.1, 0.15) is 47.4 Å². The van der Waals surface area contributed by atoms with Crippen LogP contribution in [0, 0.1) is 6.92 Å². The second-order valence-corrected chi connectivity index (χ2v) is 12.0. The number of methoxy groups -OCH3 is 1. The molecule has 0 saturated carbocycles. The van der Waals surface area contributed by atoms with E-state index in [0.29, 0.717) is 40.4 Å². The Kier molecular flexibility index (Phi) is 9.08. The summed E-state index contributed by atoms with van der Waals surface area (Å²) in [6.45, 7) is 5.20. The highest BCUT2D eigenvalue weighted by Gasteiger charge is 2.27. The van der Waals surface area contributed by atoms with Crippen LogP contribution in [0.5, 0.6) is 5.75 Å². The van der Waals surface area contributed by atoms with E-state index in [0.717, 1.165) is 32.3 Å². The van der Waals surface area contributed by atoms with Crippen molar-refractivity contribution in [1.29, 1.82) is 0 Å². The average molecular weight is 644 g/mol. The third kappa shape index (κ3) is 5.90. The summed E-state index contributed by atoms with van der Waals surface area (Å²) in [6.07, 6.45) is 0.897. The second-order valence-electron chi connectivity index (χ2n) is 9.66. The van der Waals surface area contributed by atoms with E-state index < -0.39 is 23.3 Å². The molecule has 9 nitrogen and oxygen atoms in total. The van der Waals surface area contributed by atoms with Crippen molar-refractivity contribution < 1.29 is 23.7 Å². The van der Waals surface area contributed by atoms with Gasteiger partial charge in [0.05, 0.1) is 46.8 Å². The quantitative estimate of drug-likeness (QED) is 0.225. The van der Waals surface area contributed by atoms with Gasteiger partial charge in [0.25, 0.3) is 5.56 Å². The van der Waals surface area contributed by atoms with Crippen molar-refractivity contribution >= 4 is 43.5 Å². The number of hydrogen-bond acceptors (Lipinski definition) is 8. The minimum Gasteiger partial charge on any atom is -0.496 e. The predicted molar refractivity (Wildman–Crippen MR) is 161 cm³/mol. The summed E-state index contributed by atoms with van der Waals surface area (Å²) in [6, 6.07) is 13.9. The zero-order chi connectivity index (χ0) is 29.1. The van der Waals surface area contributed by atoms with Crippen LogP contribution in [0.15, 0.2) is 61.9 Å². The number of carbonyl (C=O) groups is 1. The summed E-state index contributed by atoms with van der Waals surface area (Å²) in [5, 5.41) is 0.445. The molecule has 1 aliphatic rings. The van der Waals surface area contributed by atoms with E-state index >= 15 is 0 Å². The number of ether oxygens (including phenoxy) is 4. The van der Waals surface area contributed by atoms with Gasteiger partial charge in [-0.1, -0.05) is 18.2 Å². The maximum Gasteiger partial charge on any atom is 0.338 e. The third-order valence-electron chi connectivity index (χ3n) is 7.15. The molecule has 0 unspecified atom stereocenters. The largest absolute Gasteiger partial charge is 0.496 e. The van der Waals surface area contributed by atoms with E-state index in [1.54, 1.807) is 42.9 Å². The fourth-order valence-electron chi connectivity index (χ4n) is 5.03. The fourth-order valence-corrected chi connectivity index (χ4v) is 6.71. The first kappa shape index (κ1) is 29.2. The Morgan fingerprint density at radius 2 is 1.83 bits per heavy atom. The summed E-state index contributed by atoms with van der Waals surface area (Å²) in [5.74, 6) is 0.182. The molecule has 1 atom stereocenters. The maximum absolute atomic E-state index is 14.2. The summed E-state index contributed by atoms with van der Waals surface area (Å²) < 4.78 is 26.4. The molecule has 2 aromatic carbocycles. The highest BCUT2D eigenvalue weighted by molar-refractivity contribution is 9.11. The molecule has 0 spiro atoms. The lowest BCUT2D eigenvalue weighted by atomic mass is 10.1. The van der Waals surface area contributed by atoms with Crippen LogP contribution in [0.25, 0.3) is 15.9 Å². The summed E-state index contributed by atoms with van der Waals surface area (Å²) in [4.78, 5) is 40.7. The van der Waals surface area contributed by atoms with Gasteiger partial charge in [0.15, 0.2) is 0 Å². The normalized spacial score (nSPS) is 14.7. The van der Waals surface area contributed by atoms with Gasteiger partial charge in [-0.05, 0) is 78.5 Å². The number of para-hydroxylation sites is 1. The lowest BCUT2D eigenvalue weighted by Gasteiger charge is -2.29. The topological polar surface area (TPSA) is 98.0 Å². The average Bonchev–Trinajstić information content (AvgIpc) is 3.29. The van der Waals surface area contributed by atoms with Gasteiger partial charge >= 0.3 is 11.7 Å². The third-order valence-corrected chi connectivity index (χ3v) is 9.33. The molecule has 1 saturated heterocycles. The number of fused-ring (bicyclic) bond motifs is 1. The molecule has 41 heavy (non-hydrogen) atoms. The number of nitrogens with zero attached hydrogens (tertiary/aromatic N) is 2. The monoisotopic (exact) mass is 642 g/mol. The van der Waals surface area contributed by atoms with Crippen LogP contribution in [-0.2, 0) is 20.8 Å². The lowest BCUT2D eigenvalue weighted by Crippen LogP contribution is -2.40.